The molecule has 152 valence electrons. The van der Waals surface area contributed by atoms with Crippen molar-refractivity contribution in [3.8, 4) is 0 Å². The van der Waals surface area contributed by atoms with Gasteiger partial charge in [0, 0.05) is 45.0 Å². The number of carbonyl (C=O) groups is 1. The molecule has 1 aromatic carbocycles. The Labute approximate surface area is 175 Å². The van der Waals surface area contributed by atoms with Gasteiger partial charge in [0.15, 0.2) is 0 Å². The second-order valence-corrected chi connectivity index (χ2v) is 8.68. The first kappa shape index (κ1) is 19.8. The van der Waals surface area contributed by atoms with Crippen molar-refractivity contribution in [3.05, 3.63) is 47.7 Å². The van der Waals surface area contributed by atoms with Crippen LogP contribution in [0, 0.1) is 5.41 Å². The van der Waals surface area contributed by atoms with Gasteiger partial charge >= 0.3 is 0 Å². The van der Waals surface area contributed by atoms with Crippen LogP contribution < -0.4 is 4.90 Å². The normalized spacial score (nSPS) is 15.1. The molecule has 0 atom stereocenters. The van der Waals surface area contributed by atoms with Gasteiger partial charge in [-0.2, -0.15) is 0 Å². The highest BCUT2D eigenvalue weighted by atomic mass is 32.1. The number of hydrogen-bond donors (Lipinski definition) is 0. The molecule has 1 saturated heterocycles. The molecule has 0 N–H and O–H groups in total. The number of fused-ring (bicyclic) bond motifs is 1. The maximum absolute atomic E-state index is 13.6. The molecule has 1 amide bonds. The second-order valence-electron chi connectivity index (χ2n) is 7.57. The highest BCUT2D eigenvalue weighted by Gasteiger charge is 2.40. The molecular weight excluding hydrogens is 382 g/mol. The zero-order chi connectivity index (χ0) is 20.3. The monoisotopic (exact) mass is 409 g/mol. The zero-order valence-electron chi connectivity index (χ0n) is 17.0. The largest absolute Gasteiger partial charge is 0.339 e. The van der Waals surface area contributed by atoms with E-state index in [1.54, 1.807) is 23.7 Å². The Hall–Kier alpha value is -2.54. The Morgan fingerprint density at radius 3 is 2.38 bits per heavy atom. The molecule has 0 radical (unpaired) electrons. The number of aromatic nitrogens is 3. The predicted molar refractivity (Wildman–Crippen MR) is 117 cm³/mol. The van der Waals surface area contributed by atoms with Gasteiger partial charge in [0.05, 0.1) is 20.6 Å². The van der Waals surface area contributed by atoms with E-state index in [1.165, 1.54) is 4.70 Å². The molecule has 0 aliphatic carbocycles. The third-order valence-electron chi connectivity index (χ3n) is 6.04. The van der Waals surface area contributed by atoms with Gasteiger partial charge in [0.1, 0.15) is 0 Å². The van der Waals surface area contributed by atoms with E-state index in [-0.39, 0.29) is 11.3 Å². The van der Waals surface area contributed by atoms with E-state index in [0.717, 1.165) is 42.4 Å². The minimum Gasteiger partial charge on any atom is -0.339 e. The third-order valence-corrected chi connectivity index (χ3v) is 7.07. The molecule has 29 heavy (non-hydrogen) atoms. The molecule has 2 aromatic heterocycles. The summed E-state index contributed by atoms with van der Waals surface area (Å²) in [4.78, 5) is 31.2. The number of benzene rings is 1. The van der Waals surface area contributed by atoms with Crippen LogP contribution in [0.25, 0.3) is 10.2 Å². The maximum Gasteiger partial charge on any atom is 0.229 e. The van der Waals surface area contributed by atoms with Crippen LogP contribution in [-0.2, 0) is 11.2 Å². The Bertz CT molecular complexity index is 929. The molecule has 0 unspecified atom stereocenters. The van der Waals surface area contributed by atoms with Gasteiger partial charge in [0.2, 0.25) is 11.9 Å². The average Bonchev–Trinajstić information content (AvgIpc) is 3.20. The lowest BCUT2D eigenvalue weighted by Gasteiger charge is -2.40. The van der Waals surface area contributed by atoms with Crippen molar-refractivity contribution < 1.29 is 4.79 Å². The SMILES string of the molecule is CCC(CC)(Cc1nc2ccccc2s1)C(=O)N1CCN(c2ncccn2)CC1. The summed E-state index contributed by atoms with van der Waals surface area (Å²) < 4.78 is 1.19. The van der Waals surface area contributed by atoms with Crippen LogP contribution >= 0.6 is 11.3 Å². The summed E-state index contributed by atoms with van der Waals surface area (Å²) in [5.74, 6) is 1.00. The lowest BCUT2D eigenvalue weighted by molar-refractivity contribution is -0.143. The summed E-state index contributed by atoms with van der Waals surface area (Å²) >= 11 is 1.71. The molecule has 1 fully saturated rings. The van der Waals surface area contributed by atoms with E-state index in [2.05, 4.69) is 34.8 Å². The lowest BCUT2D eigenvalue weighted by atomic mass is 9.77. The Morgan fingerprint density at radius 1 is 1.03 bits per heavy atom. The highest BCUT2D eigenvalue weighted by molar-refractivity contribution is 7.18. The molecule has 0 bridgehead atoms. The van der Waals surface area contributed by atoms with Crippen LogP contribution in [0.4, 0.5) is 5.95 Å². The quantitative estimate of drug-likeness (QED) is 0.620. The number of rotatable bonds is 6. The minimum atomic E-state index is -0.390. The van der Waals surface area contributed by atoms with Crippen molar-refractivity contribution in [1.82, 2.24) is 19.9 Å². The number of thiazole rings is 1. The molecule has 3 heterocycles. The molecule has 1 aliphatic heterocycles. The number of para-hydroxylation sites is 1. The Kier molecular flexibility index (Phi) is 5.76. The van der Waals surface area contributed by atoms with Crippen molar-refractivity contribution >= 4 is 33.4 Å². The summed E-state index contributed by atoms with van der Waals surface area (Å²) in [5, 5.41) is 1.06. The van der Waals surface area contributed by atoms with Gasteiger partial charge in [-0.25, -0.2) is 15.0 Å². The van der Waals surface area contributed by atoms with Gasteiger partial charge in [-0.05, 0) is 31.0 Å². The average molecular weight is 410 g/mol. The number of piperazine rings is 1. The maximum atomic E-state index is 13.6. The van der Waals surface area contributed by atoms with Crippen molar-refractivity contribution in [1.29, 1.82) is 0 Å². The zero-order valence-corrected chi connectivity index (χ0v) is 17.9. The lowest BCUT2D eigenvalue weighted by Crippen LogP contribution is -2.54. The standard InChI is InChI=1S/C22H27N5OS/c1-3-22(4-2,16-19-25-17-8-5-6-9-18(17)29-19)20(28)26-12-14-27(15-13-26)21-23-10-7-11-24-21/h5-11H,3-4,12-16H2,1-2H3. The summed E-state index contributed by atoms with van der Waals surface area (Å²) in [7, 11) is 0. The van der Waals surface area contributed by atoms with Gasteiger partial charge < -0.3 is 9.80 Å². The molecule has 0 spiro atoms. The van der Waals surface area contributed by atoms with Gasteiger partial charge in [-0.3, -0.25) is 4.79 Å². The van der Waals surface area contributed by atoms with Crippen LogP contribution in [0.1, 0.15) is 31.7 Å². The van der Waals surface area contributed by atoms with Gasteiger partial charge in [-0.15, -0.1) is 11.3 Å². The summed E-state index contributed by atoms with van der Waals surface area (Å²) in [5.41, 5.74) is 0.636. The van der Waals surface area contributed by atoms with E-state index in [4.69, 9.17) is 4.98 Å². The molecule has 3 aromatic rings. The van der Waals surface area contributed by atoms with E-state index >= 15 is 0 Å². The number of amides is 1. The van der Waals surface area contributed by atoms with E-state index in [1.807, 2.05) is 29.2 Å². The molecule has 6 nitrogen and oxygen atoms in total. The van der Waals surface area contributed by atoms with E-state index in [9.17, 15) is 4.79 Å². The van der Waals surface area contributed by atoms with Crippen LogP contribution in [-0.4, -0.2) is 51.9 Å². The predicted octanol–water partition coefficient (Wildman–Crippen LogP) is 3.78. The van der Waals surface area contributed by atoms with Crippen LogP contribution in [0.15, 0.2) is 42.7 Å². The molecule has 1 aliphatic rings. The fourth-order valence-electron chi connectivity index (χ4n) is 4.06. The first-order valence-corrected chi connectivity index (χ1v) is 11.1. The third kappa shape index (κ3) is 3.96. The van der Waals surface area contributed by atoms with Crippen molar-refractivity contribution in [3.63, 3.8) is 0 Å². The smallest absolute Gasteiger partial charge is 0.229 e. The minimum absolute atomic E-state index is 0.260. The van der Waals surface area contributed by atoms with Gasteiger partial charge in [0.25, 0.3) is 0 Å². The van der Waals surface area contributed by atoms with Crippen molar-refractivity contribution in [2.75, 3.05) is 31.1 Å². The fourth-order valence-corrected chi connectivity index (χ4v) is 5.17. The number of nitrogens with zero attached hydrogens (tertiary/aromatic N) is 5. The molecule has 7 heteroatoms. The number of carbonyl (C=O) groups excluding carboxylic acids is 1. The van der Waals surface area contributed by atoms with E-state index < -0.39 is 0 Å². The Morgan fingerprint density at radius 2 is 1.72 bits per heavy atom. The summed E-state index contributed by atoms with van der Waals surface area (Å²) in [6, 6.07) is 10.0. The van der Waals surface area contributed by atoms with Crippen LogP contribution in [0.2, 0.25) is 0 Å². The molecule has 0 saturated carbocycles. The first-order valence-electron chi connectivity index (χ1n) is 10.3. The topological polar surface area (TPSA) is 62.2 Å². The second kappa shape index (κ2) is 8.45. The molecule has 4 rings (SSSR count). The van der Waals surface area contributed by atoms with E-state index in [0.29, 0.717) is 19.5 Å². The fraction of sp³-hybridized carbons (Fsp3) is 0.455. The summed E-state index contributed by atoms with van der Waals surface area (Å²) in [6.45, 7) is 7.20. The first-order chi connectivity index (χ1) is 14.1. The number of hydrogen-bond acceptors (Lipinski definition) is 6. The Balaban J connectivity index is 1.48. The summed E-state index contributed by atoms with van der Waals surface area (Å²) in [6.07, 6.45) is 5.87. The van der Waals surface area contributed by atoms with Crippen LogP contribution in [0.5, 0.6) is 0 Å². The van der Waals surface area contributed by atoms with Crippen molar-refractivity contribution in [2.24, 2.45) is 5.41 Å². The van der Waals surface area contributed by atoms with Crippen LogP contribution in [0.3, 0.4) is 0 Å². The van der Waals surface area contributed by atoms with Gasteiger partial charge in [-0.1, -0.05) is 26.0 Å². The number of anilines is 1. The highest BCUT2D eigenvalue weighted by Crippen LogP contribution is 2.36. The van der Waals surface area contributed by atoms with Crippen molar-refractivity contribution in [2.45, 2.75) is 33.1 Å². The molecular formula is C22H27N5OS.